The minimum atomic E-state index is -4.61. The number of aromatic nitrogens is 1. The summed E-state index contributed by atoms with van der Waals surface area (Å²) < 4.78 is 42.8. The molecule has 0 spiro atoms. The van der Waals surface area contributed by atoms with Crippen LogP contribution in [0.25, 0.3) is 10.6 Å². The highest BCUT2D eigenvalue weighted by molar-refractivity contribution is 7.17. The van der Waals surface area contributed by atoms with Gasteiger partial charge >= 0.3 is 6.18 Å². The molecule has 1 fully saturated rings. The maximum atomic E-state index is 12.8. The van der Waals surface area contributed by atoms with Gasteiger partial charge in [-0.05, 0) is 31.9 Å². The van der Waals surface area contributed by atoms with Gasteiger partial charge in [0.15, 0.2) is 0 Å². The van der Waals surface area contributed by atoms with Gasteiger partial charge in [0, 0.05) is 24.7 Å². The lowest BCUT2D eigenvalue weighted by molar-refractivity contribution is -0.156. The van der Waals surface area contributed by atoms with Crippen molar-refractivity contribution in [2.75, 3.05) is 13.1 Å². The molecule has 0 saturated carbocycles. The lowest BCUT2D eigenvalue weighted by Gasteiger charge is -2.31. The molecule has 2 aromatic heterocycles. The van der Waals surface area contributed by atoms with E-state index in [1.165, 1.54) is 6.92 Å². The minimum Gasteiger partial charge on any atom is -0.351 e. The maximum absolute atomic E-state index is 12.8. The predicted molar refractivity (Wildman–Crippen MR) is 83.4 cm³/mol. The van der Waals surface area contributed by atoms with Crippen molar-refractivity contribution in [3.05, 3.63) is 28.3 Å². The smallest absolute Gasteiger partial charge is 0.351 e. The summed E-state index contributed by atoms with van der Waals surface area (Å²) >= 11 is 1.07. The van der Waals surface area contributed by atoms with Crippen molar-refractivity contribution >= 4 is 17.2 Å². The fourth-order valence-electron chi connectivity index (χ4n) is 2.83. The summed E-state index contributed by atoms with van der Waals surface area (Å²) in [5, 5.41) is 12.5. The summed E-state index contributed by atoms with van der Waals surface area (Å²) in [7, 11) is 0. The molecule has 3 rings (SSSR count). The van der Waals surface area contributed by atoms with Crippen LogP contribution in [-0.2, 0) is 6.18 Å². The van der Waals surface area contributed by atoms with Gasteiger partial charge in [-0.1, -0.05) is 5.16 Å². The minimum absolute atomic E-state index is 0.0879. The number of rotatable bonds is 3. The van der Waals surface area contributed by atoms with Gasteiger partial charge in [-0.15, -0.1) is 11.3 Å². The summed E-state index contributed by atoms with van der Waals surface area (Å²) in [6.45, 7) is 2.24. The molecule has 0 aliphatic carbocycles. The molecule has 2 aromatic rings. The molecule has 1 unspecified atom stereocenters. The lowest BCUT2D eigenvalue weighted by atomic mass is 10.1. The van der Waals surface area contributed by atoms with Crippen molar-refractivity contribution in [2.45, 2.75) is 32.0 Å². The monoisotopic (exact) mass is 375 g/mol. The first-order valence-corrected chi connectivity index (χ1v) is 8.45. The molecule has 0 radical (unpaired) electrons. The van der Waals surface area contributed by atoms with Gasteiger partial charge in [0.2, 0.25) is 5.76 Å². The van der Waals surface area contributed by atoms with E-state index < -0.39 is 11.9 Å². The van der Waals surface area contributed by atoms with Crippen LogP contribution in [0.4, 0.5) is 13.2 Å². The summed E-state index contributed by atoms with van der Waals surface area (Å²) in [6.07, 6.45) is -3.07. The van der Waals surface area contributed by atoms with Crippen molar-refractivity contribution in [2.24, 2.45) is 0 Å². The summed E-state index contributed by atoms with van der Waals surface area (Å²) in [5.41, 5.74) is 2.16. The highest BCUT2D eigenvalue weighted by atomic mass is 32.1. The number of hydrogen-bond acceptors (Lipinski definition) is 6. The third-order valence-corrected chi connectivity index (χ3v) is 5.20. The molecule has 1 atom stereocenters. The van der Waals surface area contributed by atoms with Crippen LogP contribution in [0.2, 0.25) is 0 Å². The maximum Gasteiger partial charge on any atom is 0.452 e. The lowest BCUT2D eigenvalue weighted by Crippen LogP contribution is -2.46. The second kappa shape index (κ2) is 6.77. The van der Waals surface area contributed by atoms with Gasteiger partial charge < -0.3 is 14.6 Å². The van der Waals surface area contributed by atoms with Crippen LogP contribution in [0.1, 0.15) is 33.8 Å². The van der Waals surface area contributed by atoms with Crippen LogP contribution in [0.5, 0.6) is 0 Å². The number of nitrogens with one attached hydrogen (secondary N) is 1. The van der Waals surface area contributed by atoms with E-state index in [0.29, 0.717) is 22.8 Å². The molecule has 136 valence electrons. The van der Waals surface area contributed by atoms with Crippen molar-refractivity contribution in [3.63, 3.8) is 0 Å². The number of alkyl halides is 3. The molecule has 1 aliphatic heterocycles. The molecule has 1 saturated heterocycles. The van der Waals surface area contributed by atoms with Crippen LogP contribution in [-0.4, -0.2) is 40.3 Å². The van der Waals surface area contributed by atoms with Crippen LogP contribution in [0.15, 0.2) is 16.7 Å². The molecular weight excluding hydrogens is 359 g/mol. The topological polar surface area (TPSA) is 78.6 Å². The Morgan fingerprint density at radius 3 is 2.88 bits per heavy atom. The summed E-state index contributed by atoms with van der Waals surface area (Å²) in [5.74, 6) is -1.34. The van der Waals surface area contributed by atoms with E-state index in [0.717, 1.165) is 24.2 Å². The van der Waals surface area contributed by atoms with Crippen LogP contribution >= 0.6 is 11.3 Å². The van der Waals surface area contributed by atoms with Crippen LogP contribution in [0, 0.1) is 6.92 Å². The number of likely N-dealkylation sites (tertiary alicyclic amines) is 1. The van der Waals surface area contributed by atoms with Gasteiger partial charge in [-0.2, -0.15) is 13.2 Å². The zero-order valence-corrected chi connectivity index (χ0v) is 14.1. The van der Waals surface area contributed by atoms with Crippen molar-refractivity contribution in [3.8, 4) is 10.6 Å². The van der Waals surface area contributed by atoms with E-state index in [9.17, 15) is 18.0 Å². The van der Waals surface area contributed by atoms with Gasteiger partial charge in [-0.25, -0.2) is 5.48 Å². The Morgan fingerprint density at radius 1 is 1.48 bits per heavy atom. The first kappa shape index (κ1) is 17.9. The number of nitrogens with zero attached hydrogens (tertiary/aromatic N) is 2. The number of piperidine rings is 1. The van der Waals surface area contributed by atoms with E-state index >= 15 is 0 Å². The fraction of sp³-hybridized carbons (Fsp3) is 0.467. The Kier molecular flexibility index (Phi) is 4.85. The van der Waals surface area contributed by atoms with Gasteiger partial charge in [-0.3, -0.25) is 4.79 Å². The molecule has 2 N–H and O–H groups in total. The molecular formula is C15H16F3N3O3S. The number of amides is 1. The number of carbonyl (C=O) groups is 1. The van der Waals surface area contributed by atoms with Gasteiger partial charge in [0.1, 0.15) is 5.69 Å². The Labute approximate surface area is 145 Å². The molecule has 25 heavy (non-hydrogen) atoms. The molecule has 6 nitrogen and oxygen atoms in total. The molecule has 1 amide bonds. The Balaban J connectivity index is 1.81. The summed E-state index contributed by atoms with van der Waals surface area (Å²) in [4.78, 5) is 15.0. The highest BCUT2D eigenvalue weighted by Gasteiger charge is 2.39. The normalized spacial score (nSPS) is 18.6. The third-order valence-electron chi connectivity index (χ3n) is 4.12. The number of halogens is 3. The number of hydrogen-bond donors (Lipinski definition) is 2. The predicted octanol–water partition coefficient (Wildman–Crippen LogP) is 3.31. The molecule has 10 heteroatoms. The highest BCUT2D eigenvalue weighted by Crippen LogP contribution is 2.38. The summed E-state index contributed by atoms with van der Waals surface area (Å²) in [6, 6.07) is 2.96. The van der Waals surface area contributed by atoms with Gasteiger partial charge in [0.05, 0.1) is 9.75 Å². The third kappa shape index (κ3) is 3.55. The first-order valence-electron chi connectivity index (χ1n) is 7.64. The van der Waals surface area contributed by atoms with E-state index in [1.807, 2.05) is 0 Å². The van der Waals surface area contributed by atoms with Gasteiger partial charge in [0.25, 0.3) is 5.91 Å². The zero-order valence-electron chi connectivity index (χ0n) is 13.3. The zero-order chi connectivity index (χ0) is 18.2. The van der Waals surface area contributed by atoms with E-state index in [-0.39, 0.29) is 23.2 Å². The Bertz CT molecular complexity index is 772. The Hall–Kier alpha value is -1.91. The molecule has 0 bridgehead atoms. The van der Waals surface area contributed by atoms with E-state index in [1.54, 1.807) is 17.0 Å². The average molecular weight is 375 g/mol. The quantitative estimate of drug-likeness (QED) is 0.805. The standard InChI is InChI=1S/C15H16F3N3O3S/c1-8-12(20-24-13(8)15(16,17)18)10-4-5-11(25-10)14(22)21-6-2-3-9(7-21)19-23/h4-5,9,19,23H,2-3,6-7H2,1H3. The van der Waals surface area contributed by atoms with E-state index in [2.05, 4.69) is 15.2 Å². The molecule has 0 aromatic carbocycles. The second-order valence-corrected chi connectivity index (χ2v) is 6.95. The SMILES string of the molecule is Cc1c(-c2ccc(C(=O)N3CCCC(NO)C3)s2)noc1C(F)(F)F. The van der Waals surface area contributed by atoms with Crippen molar-refractivity contribution in [1.29, 1.82) is 0 Å². The van der Waals surface area contributed by atoms with Crippen molar-refractivity contribution in [1.82, 2.24) is 15.5 Å². The largest absolute Gasteiger partial charge is 0.452 e. The number of thiophene rings is 1. The Morgan fingerprint density at radius 2 is 2.24 bits per heavy atom. The molecule has 3 heterocycles. The fourth-order valence-corrected chi connectivity index (χ4v) is 3.85. The van der Waals surface area contributed by atoms with Crippen LogP contribution < -0.4 is 5.48 Å². The van der Waals surface area contributed by atoms with Crippen LogP contribution in [0.3, 0.4) is 0 Å². The molecule has 1 aliphatic rings. The average Bonchev–Trinajstić information content (AvgIpc) is 3.20. The second-order valence-electron chi connectivity index (χ2n) is 5.87. The number of carbonyl (C=O) groups excluding carboxylic acids is 1. The van der Waals surface area contributed by atoms with E-state index in [4.69, 9.17) is 5.21 Å². The van der Waals surface area contributed by atoms with Crippen molar-refractivity contribution < 1.29 is 27.7 Å². The first-order chi connectivity index (χ1) is 11.8. The number of hydroxylamine groups is 1.